The molecule has 0 heterocycles. The molecule has 3 N–H and O–H groups in total. The highest BCUT2D eigenvalue weighted by molar-refractivity contribution is 7.80. The highest BCUT2D eigenvalue weighted by atomic mass is 35.5. The Labute approximate surface area is 175 Å². The van der Waals surface area contributed by atoms with Gasteiger partial charge in [0.2, 0.25) is 5.91 Å². The summed E-state index contributed by atoms with van der Waals surface area (Å²) in [6.07, 6.45) is 1.97. The standard InChI is InChI=1S/C20H24ClN3O3S/c1-4-5-10-27-18-12-14(21)11-17(19(18)26-3)24-20(28)23-16-8-6-15(7-9-16)22-13(2)25/h6-9,11-12H,4-5,10H2,1-3H3,(H,22,25)(H2,23,24,28). The molecule has 0 atom stereocenters. The molecule has 0 saturated heterocycles. The maximum atomic E-state index is 11.1. The smallest absolute Gasteiger partial charge is 0.221 e. The number of nitrogens with one attached hydrogen (secondary N) is 3. The zero-order valence-electron chi connectivity index (χ0n) is 16.1. The number of thiocarbonyl (C=S) groups is 1. The van der Waals surface area contributed by atoms with Gasteiger partial charge < -0.3 is 25.4 Å². The Hall–Kier alpha value is -2.51. The summed E-state index contributed by atoms with van der Waals surface area (Å²) in [5.41, 5.74) is 2.09. The van der Waals surface area contributed by atoms with Crippen LogP contribution >= 0.6 is 23.8 Å². The molecule has 8 heteroatoms. The first-order chi connectivity index (χ1) is 13.4. The van der Waals surface area contributed by atoms with E-state index >= 15 is 0 Å². The summed E-state index contributed by atoms with van der Waals surface area (Å²) < 4.78 is 11.3. The van der Waals surface area contributed by atoms with E-state index in [4.69, 9.17) is 33.3 Å². The van der Waals surface area contributed by atoms with Gasteiger partial charge in [-0.1, -0.05) is 24.9 Å². The van der Waals surface area contributed by atoms with E-state index in [-0.39, 0.29) is 5.91 Å². The number of methoxy groups -OCH3 is 1. The van der Waals surface area contributed by atoms with Crippen LogP contribution in [-0.4, -0.2) is 24.7 Å². The minimum atomic E-state index is -0.122. The van der Waals surface area contributed by atoms with E-state index < -0.39 is 0 Å². The minimum absolute atomic E-state index is 0.122. The molecular formula is C20H24ClN3O3S. The van der Waals surface area contributed by atoms with Crippen LogP contribution in [0.25, 0.3) is 0 Å². The van der Waals surface area contributed by atoms with Gasteiger partial charge in [0.15, 0.2) is 16.6 Å². The fraction of sp³-hybridized carbons (Fsp3) is 0.300. The molecule has 2 aromatic rings. The third kappa shape index (κ3) is 6.58. The van der Waals surface area contributed by atoms with Crippen molar-refractivity contribution in [1.29, 1.82) is 0 Å². The van der Waals surface area contributed by atoms with Crippen molar-refractivity contribution in [2.45, 2.75) is 26.7 Å². The maximum absolute atomic E-state index is 11.1. The van der Waals surface area contributed by atoms with E-state index in [0.29, 0.717) is 39.6 Å². The van der Waals surface area contributed by atoms with E-state index in [0.717, 1.165) is 18.5 Å². The van der Waals surface area contributed by atoms with Crippen molar-refractivity contribution in [3.05, 3.63) is 41.4 Å². The quantitative estimate of drug-likeness (QED) is 0.397. The lowest BCUT2D eigenvalue weighted by Crippen LogP contribution is -2.19. The number of hydrogen-bond acceptors (Lipinski definition) is 4. The van der Waals surface area contributed by atoms with Crippen LogP contribution in [0.4, 0.5) is 17.1 Å². The number of hydrogen-bond donors (Lipinski definition) is 3. The van der Waals surface area contributed by atoms with Gasteiger partial charge in [-0.2, -0.15) is 0 Å². The number of anilines is 3. The number of carbonyl (C=O) groups excluding carboxylic acids is 1. The van der Waals surface area contributed by atoms with Crippen LogP contribution in [0.5, 0.6) is 11.5 Å². The molecule has 2 aromatic carbocycles. The first-order valence-electron chi connectivity index (χ1n) is 8.89. The summed E-state index contributed by atoms with van der Waals surface area (Å²) >= 11 is 11.6. The van der Waals surface area contributed by atoms with Crippen LogP contribution < -0.4 is 25.4 Å². The van der Waals surface area contributed by atoms with E-state index in [1.54, 1.807) is 31.4 Å². The van der Waals surface area contributed by atoms with Crippen LogP contribution in [-0.2, 0) is 4.79 Å². The van der Waals surface area contributed by atoms with Gasteiger partial charge in [-0.3, -0.25) is 4.79 Å². The summed E-state index contributed by atoms with van der Waals surface area (Å²) in [6, 6.07) is 10.6. The third-order valence-corrected chi connectivity index (χ3v) is 4.11. The molecule has 0 aliphatic carbocycles. The Morgan fingerprint density at radius 1 is 1.11 bits per heavy atom. The summed E-state index contributed by atoms with van der Waals surface area (Å²) in [4.78, 5) is 11.1. The molecule has 0 saturated carbocycles. The molecule has 0 fully saturated rings. The number of unbranched alkanes of at least 4 members (excludes halogenated alkanes) is 1. The molecule has 28 heavy (non-hydrogen) atoms. The topological polar surface area (TPSA) is 71.6 Å². The fourth-order valence-corrected chi connectivity index (χ4v) is 2.87. The molecule has 0 aromatic heterocycles. The van der Waals surface area contributed by atoms with Gasteiger partial charge in [-0.05, 0) is 49.0 Å². The Balaban J connectivity index is 2.09. The van der Waals surface area contributed by atoms with Crippen molar-refractivity contribution >= 4 is 51.9 Å². The molecular weight excluding hydrogens is 398 g/mol. The van der Waals surface area contributed by atoms with Gasteiger partial charge in [-0.25, -0.2) is 0 Å². The predicted molar refractivity (Wildman–Crippen MR) is 119 cm³/mol. The summed E-state index contributed by atoms with van der Waals surface area (Å²) in [7, 11) is 1.57. The minimum Gasteiger partial charge on any atom is -0.491 e. The third-order valence-electron chi connectivity index (χ3n) is 3.69. The number of benzene rings is 2. The molecule has 150 valence electrons. The Bertz CT molecular complexity index is 828. The second-order valence-corrected chi connectivity index (χ2v) is 6.87. The van der Waals surface area contributed by atoms with E-state index in [1.165, 1.54) is 6.92 Å². The largest absolute Gasteiger partial charge is 0.491 e. The fourth-order valence-electron chi connectivity index (χ4n) is 2.43. The van der Waals surface area contributed by atoms with E-state index in [1.807, 2.05) is 12.1 Å². The molecule has 0 radical (unpaired) electrons. The monoisotopic (exact) mass is 421 g/mol. The number of ether oxygens (including phenoxy) is 2. The van der Waals surface area contributed by atoms with Crippen molar-refractivity contribution in [1.82, 2.24) is 0 Å². The second kappa shape index (κ2) is 10.7. The van der Waals surface area contributed by atoms with Crippen molar-refractivity contribution in [2.24, 2.45) is 0 Å². The predicted octanol–water partition coefficient (Wildman–Crippen LogP) is 5.29. The second-order valence-electron chi connectivity index (χ2n) is 6.02. The van der Waals surface area contributed by atoms with Gasteiger partial charge in [0.1, 0.15) is 0 Å². The van der Waals surface area contributed by atoms with Crippen LogP contribution in [0.2, 0.25) is 5.02 Å². The lowest BCUT2D eigenvalue weighted by atomic mass is 10.2. The molecule has 0 unspecified atom stereocenters. The molecule has 0 aliphatic heterocycles. The number of halogens is 1. The normalized spacial score (nSPS) is 10.1. The zero-order valence-corrected chi connectivity index (χ0v) is 17.7. The molecule has 0 spiro atoms. The highest BCUT2D eigenvalue weighted by Crippen LogP contribution is 2.38. The van der Waals surface area contributed by atoms with Gasteiger partial charge >= 0.3 is 0 Å². The van der Waals surface area contributed by atoms with Gasteiger partial charge in [0.25, 0.3) is 0 Å². The summed E-state index contributed by atoms with van der Waals surface area (Å²) in [5, 5.41) is 9.76. The van der Waals surface area contributed by atoms with Gasteiger partial charge in [0.05, 0.1) is 19.4 Å². The lowest BCUT2D eigenvalue weighted by molar-refractivity contribution is -0.114. The van der Waals surface area contributed by atoms with Crippen molar-refractivity contribution in [3.63, 3.8) is 0 Å². The zero-order chi connectivity index (χ0) is 20.5. The van der Waals surface area contributed by atoms with Gasteiger partial charge in [-0.15, -0.1) is 0 Å². The average molecular weight is 422 g/mol. The highest BCUT2D eigenvalue weighted by Gasteiger charge is 2.14. The van der Waals surface area contributed by atoms with Crippen LogP contribution in [0.1, 0.15) is 26.7 Å². The van der Waals surface area contributed by atoms with E-state index in [2.05, 4.69) is 22.9 Å². The lowest BCUT2D eigenvalue weighted by Gasteiger charge is -2.17. The van der Waals surface area contributed by atoms with Crippen molar-refractivity contribution in [2.75, 3.05) is 29.7 Å². The molecule has 1 amide bonds. The Morgan fingerprint density at radius 2 is 1.75 bits per heavy atom. The van der Waals surface area contributed by atoms with E-state index in [9.17, 15) is 4.79 Å². The summed E-state index contributed by atoms with van der Waals surface area (Å²) in [5.74, 6) is 0.974. The first kappa shape index (κ1) is 21.8. The number of rotatable bonds is 8. The SMILES string of the molecule is CCCCOc1cc(Cl)cc(NC(=S)Nc2ccc(NC(C)=O)cc2)c1OC. The van der Waals surface area contributed by atoms with Crippen LogP contribution in [0.15, 0.2) is 36.4 Å². The Kier molecular flexibility index (Phi) is 8.35. The number of amides is 1. The molecule has 6 nitrogen and oxygen atoms in total. The van der Waals surface area contributed by atoms with Crippen molar-refractivity contribution < 1.29 is 14.3 Å². The molecule has 0 aliphatic rings. The molecule has 0 bridgehead atoms. The maximum Gasteiger partial charge on any atom is 0.221 e. The molecule has 2 rings (SSSR count). The summed E-state index contributed by atoms with van der Waals surface area (Å²) in [6.45, 7) is 4.14. The van der Waals surface area contributed by atoms with Crippen LogP contribution in [0, 0.1) is 0 Å². The first-order valence-corrected chi connectivity index (χ1v) is 9.67. The van der Waals surface area contributed by atoms with Gasteiger partial charge in [0, 0.05) is 29.4 Å². The average Bonchev–Trinajstić information content (AvgIpc) is 2.63. The number of carbonyl (C=O) groups is 1. The van der Waals surface area contributed by atoms with Crippen LogP contribution in [0.3, 0.4) is 0 Å². The van der Waals surface area contributed by atoms with Crippen molar-refractivity contribution in [3.8, 4) is 11.5 Å². The Morgan fingerprint density at radius 3 is 2.32 bits per heavy atom.